The third-order valence-electron chi connectivity index (χ3n) is 5.06. The van der Waals surface area contributed by atoms with Gasteiger partial charge in [-0.05, 0) is 31.2 Å². The molecule has 0 bridgehead atoms. The summed E-state index contributed by atoms with van der Waals surface area (Å²) in [5, 5.41) is 4.35. The van der Waals surface area contributed by atoms with Crippen molar-refractivity contribution in [2.75, 3.05) is 6.54 Å². The van der Waals surface area contributed by atoms with Crippen molar-refractivity contribution >= 4 is 17.5 Å². The SMILES string of the molecule is O=C(NN=C1CCCCCCC1)C1CC(=O)N(Cc2ccccc2)C1. The molecule has 1 saturated carbocycles. The first kappa shape index (κ1) is 17.6. The van der Waals surface area contributed by atoms with Crippen LogP contribution in [-0.4, -0.2) is 29.0 Å². The summed E-state index contributed by atoms with van der Waals surface area (Å²) in [6.07, 6.45) is 8.35. The van der Waals surface area contributed by atoms with Gasteiger partial charge in [0.15, 0.2) is 0 Å². The van der Waals surface area contributed by atoms with Crippen LogP contribution in [0.15, 0.2) is 35.4 Å². The second-order valence-corrected chi connectivity index (χ2v) is 7.08. The fourth-order valence-electron chi connectivity index (χ4n) is 3.56. The predicted octanol–water partition coefficient (Wildman–Crippen LogP) is 3.25. The fourth-order valence-corrected chi connectivity index (χ4v) is 3.56. The summed E-state index contributed by atoms with van der Waals surface area (Å²) in [5.41, 5.74) is 4.90. The van der Waals surface area contributed by atoms with Gasteiger partial charge in [0.2, 0.25) is 11.8 Å². The number of hydrogen-bond acceptors (Lipinski definition) is 3. The van der Waals surface area contributed by atoms with Crippen molar-refractivity contribution in [3.8, 4) is 0 Å². The number of nitrogens with zero attached hydrogens (tertiary/aromatic N) is 2. The Morgan fingerprint density at radius 3 is 2.48 bits per heavy atom. The van der Waals surface area contributed by atoms with E-state index in [1.807, 2.05) is 30.3 Å². The van der Waals surface area contributed by atoms with Crippen LogP contribution in [0.4, 0.5) is 0 Å². The van der Waals surface area contributed by atoms with Crippen LogP contribution in [0.25, 0.3) is 0 Å². The molecule has 1 aliphatic carbocycles. The Morgan fingerprint density at radius 2 is 1.76 bits per heavy atom. The first-order valence-electron chi connectivity index (χ1n) is 9.39. The quantitative estimate of drug-likeness (QED) is 0.855. The summed E-state index contributed by atoms with van der Waals surface area (Å²) >= 11 is 0. The van der Waals surface area contributed by atoms with Crippen LogP contribution in [0.2, 0.25) is 0 Å². The highest BCUT2D eigenvalue weighted by Gasteiger charge is 2.34. The summed E-state index contributed by atoms with van der Waals surface area (Å²) in [6.45, 7) is 1.04. The third-order valence-corrected chi connectivity index (χ3v) is 5.06. The molecule has 5 nitrogen and oxygen atoms in total. The van der Waals surface area contributed by atoms with E-state index in [0.29, 0.717) is 13.1 Å². The number of carbonyl (C=O) groups is 2. The molecule has 1 aromatic rings. The Kier molecular flexibility index (Phi) is 6.20. The van der Waals surface area contributed by atoms with E-state index in [2.05, 4.69) is 10.5 Å². The molecule has 1 aromatic carbocycles. The minimum Gasteiger partial charge on any atom is -0.338 e. The molecule has 0 aromatic heterocycles. The Morgan fingerprint density at radius 1 is 1.08 bits per heavy atom. The summed E-state index contributed by atoms with van der Waals surface area (Å²) in [4.78, 5) is 26.3. The first-order chi connectivity index (χ1) is 12.2. The normalized spacial score (nSPS) is 21.6. The van der Waals surface area contributed by atoms with Crippen molar-refractivity contribution in [1.82, 2.24) is 10.3 Å². The highest BCUT2D eigenvalue weighted by Crippen LogP contribution is 2.20. The van der Waals surface area contributed by atoms with Gasteiger partial charge in [-0.1, -0.05) is 49.6 Å². The van der Waals surface area contributed by atoms with Crippen molar-refractivity contribution in [2.45, 2.75) is 57.9 Å². The zero-order valence-corrected chi connectivity index (χ0v) is 14.7. The second kappa shape index (κ2) is 8.79. The summed E-state index contributed by atoms with van der Waals surface area (Å²) in [7, 11) is 0. The maximum Gasteiger partial charge on any atom is 0.245 e. The third kappa shape index (κ3) is 5.15. The number of hydrazone groups is 1. The van der Waals surface area contributed by atoms with Crippen LogP contribution in [0, 0.1) is 5.92 Å². The van der Waals surface area contributed by atoms with Crippen LogP contribution in [0.1, 0.15) is 56.9 Å². The lowest BCUT2D eigenvalue weighted by Crippen LogP contribution is -2.30. The average Bonchev–Trinajstić information content (AvgIpc) is 2.95. The van der Waals surface area contributed by atoms with Gasteiger partial charge in [-0.3, -0.25) is 9.59 Å². The van der Waals surface area contributed by atoms with Crippen LogP contribution >= 0.6 is 0 Å². The van der Waals surface area contributed by atoms with E-state index >= 15 is 0 Å². The van der Waals surface area contributed by atoms with Gasteiger partial charge < -0.3 is 4.90 Å². The van der Waals surface area contributed by atoms with E-state index in [0.717, 1.165) is 37.0 Å². The maximum atomic E-state index is 12.4. The van der Waals surface area contributed by atoms with Gasteiger partial charge in [-0.25, -0.2) is 5.43 Å². The molecule has 1 N–H and O–H groups in total. The number of carbonyl (C=O) groups excluding carboxylic acids is 2. The number of likely N-dealkylation sites (tertiary alicyclic amines) is 1. The van der Waals surface area contributed by atoms with Crippen molar-refractivity contribution in [1.29, 1.82) is 0 Å². The Balaban J connectivity index is 1.51. The number of rotatable bonds is 4. The number of amides is 2. The van der Waals surface area contributed by atoms with E-state index in [9.17, 15) is 9.59 Å². The molecular formula is C20H27N3O2. The Hall–Kier alpha value is -2.17. The molecule has 2 amide bonds. The van der Waals surface area contributed by atoms with Crippen LogP contribution in [0.5, 0.6) is 0 Å². The highest BCUT2D eigenvalue weighted by atomic mass is 16.2. The number of hydrogen-bond donors (Lipinski definition) is 1. The van der Waals surface area contributed by atoms with Crippen molar-refractivity contribution < 1.29 is 9.59 Å². The largest absolute Gasteiger partial charge is 0.338 e. The minimum absolute atomic E-state index is 0.0441. The summed E-state index contributed by atoms with van der Waals surface area (Å²) < 4.78 is 0. The number of benzene rings is 1. The van der Waals surface area contributed by atoms with Gasteiger partial charge in [0.05, 0.1) is 5.92 Å². The van der Waals surface area contributed by atoms with E-state index < -0.39 is 0 Å². The molecule has 2 aliphatic rings. The molecule has 1 aliphatic heterocycles. The molecule has 2 fully saturated rings. The van der Waals surface area contributed by atoms with Gasteiger partial charge in [0.25, 0.3) is 0 Å². The molecule has 0 radical (unpaired) electrons. The molecule has 0 spiro atoms. The topological polar surface area (TPSA) is 61.8 Å². The van der Waals surface area contributed by atoms with Gasteiger partial charge in [0.1, 0.15) is 0 Å². The lowest BCUT2D eigenvalue weighted by Gasteiger charge is -2.16. The van der Waals surface area contributed by atoms with Gasteiger partial charge in [-0.2, -0.15) is 5.10 Å². The summed E-state index contributed by atoms with van der Waals surface area (Å²) in [6, 6.07) is 9.89. The molecular weight excluding hydrogens is 314 g/mol. The van der Waals surface area contributed by atoms with Gasteiger partial charge >= 0.3 is 0 Å². The van der Waals surface area contributed by atoms with E-state index in [1.54, 1.807) is 4.90 Å². The van der Waals surface area contributed by atoms with Crippen LogP contribution in [0.3, 0.4) is 0 Å². The molecule has 25 heavy (non-hydrogen) atoms. The standard InChI is InChI=1S/C20H27N3O2/c24-19-13-17(15-23(19)14-16-9-5-4-6-10-16)20(25)22-21-18-11-7-2-1-3-8-12-18/h4-6,9-10,17H,1-3,7-8,11-15H2,(H,22,25). The second-order valence-electron chi connectivity index (χ2n) is 7.08. The molecule has 5 heteroatoms. The fraction of sp³-hybridized carbons (Fsp3) is 0.550. The van der Waals surface area contributed by atoms with Crippen molar-refractivity contribution in [3.05, 3.63) is 35.9 Å². The highest BCUT2D eigenvalue weighted by molar-refractivity contribution is 5.91. The van der Waals surface area contributed by atoms with Gasteiger partial charge in [0, 0.05) is 25.2 Å². The molecule has 1 saturated heterocycles. The van der Waals surface area contributed by atoms with E-state index in [-0.39, 0.29) is 24.2 Å². The first-order valence-corrected chi connectivity index (χ1v) is 9.39. The maximum absolute atomic E-state index is 12.4. The van der Waals surface area contributed by atoms with Crippen LogP contribution < -0.4 is 5.43 Å². The molecule has 1 atom stereocenters. The van der Waals surface area contributed by atoms with E-state index in [4.69, 9.17) is 0 Å². The monoisotopic (exact) mass is 341 g/mol. The zero-order valence-electron chi connectivity index (χ0n) is 14.7. The number of nitrogens with one attached hydrogen (secondary N) is 1. The Labute approximate surface area is 149 Å². The van der Waals surface area contributed by atoms with Crippen LogP contribution in [-0.2, 0) is 16.1 Å². The smallest absolute Gasteiger partial charge is 0.245 e. The van der Waals surface area contributed by atoms with Gasteiger partial charge in [-0.15, -0.1) is 0 Å². The van der Waals surface area contributed by atoms with Crippen molar-refractivity contribution in [2.24, 2.45) is 11.0 Å². The average molecular weight is 341 g/mol. The molecule has 3 rings (SSSR count). The van der Waals surface area contributed by atoms with E-state index in [1.165, 1.54) is 19.3 Å². The lowest BCUT2D eigenvalue weighted by molar-refractivity contribution is -0.129. The lowest BCUT2D eigenvalue weighted by atomic mass is 9.99. The zero-order chi connectivity index (χ0) is 17.5. The minimum atomic E-state index is -0.297. The van der Waals surface area contributed by atoms with Crippen molar-refractivity contribution in [3.63, 3.8) is 0 Å². The molecule has 1 heterocycles. The predicted molar refractivity (Wildman–Crippen MR) is 97.9 cm³/mol. The summed E-state index contributed by atoms with van der Waals surface area (Å²) in [5.74, 6) is -0.379. The molecule has 1 unspecified atom stereocenters. The molecule has 134 valence electrons. The Bertz CT molecular complexity index is 617.